The molecule has 1 saturated carbocycles. The van der Waals surface area contributed by atoms with Gasteiger partial charge in [0.1, 0.15) is 6.04 Å². The monoisotopic (exact) mass is 286 g/mol. The minimum Gasteiger partial charge on any atom is -0.368 e. The molecule has 4 heteroatoms. The van der Waals surface area contributed by atoms with E-state index in [0.717, 1.165) is 31.2 Å². The van der Waals surface area contributed by atoms with Crippen molar-refractivity contribution in [1.29, 1.82) is 0 Å². The van der Waals surface area contributed by atoms with Gasteiger partial charge in [-0.05, 0) is 44.2 Å². The van der Waals surface area contributed by atoms with Gasteiger partial charge < -0.3 is 10.6 Å². The van der Waals surface area contributed by atoms with Gasteiger partial charge in [-0.3, -0.25) is 9.59 Å². The Morgan fingerprint density at radius 2 is 2.00 bits per heavy atom. The molecule has 1 aromatic carbocycles. The Balaban J connectivity index is 1.92. The molecule has 4 nitrogen and oxygen atoms in total. The summed E-state index contributed by atoms with van der Waals surface area (Å²) in [5.74, 6) is 0.0207. The van der Waals surface area contributed by atoms with E-state index in [9.17, 15) is 9.59 Å². The van der Waals surface area contributed by atoms with E-state index in [1.165, 1.54) is 6.42 Å². The van der Waals surface area contributed by atoms with Crippen LogP contribution in [-0.2, 0) is 4.79 Å². The summed E-state index contributed by atoms with van der Waals surface area (Å²) in [6.07, 6.45) is 5.15. The smallest absolute Gasteiger partial charge is 0.254 e. The summed E-state index contributed by atoms with van der Waals surface area (Å²) in [7, 11) is 0. The lowest BCUT2D eigenvalue weighted by Crippen LogP contribution is -2.48. The highest BCUT2D eigenvalue weighted by atomic mass is 16.2. The zero-order valence-corrected chi connectivity index (χ0v) is 12.4. The summed E-state index contributed by atoms with van der Waals surface area (Å²) in [5, 5.41) is 0. The fourth-order valence-electron chi connectivity index (χ4n) is 3.93. The minimum absolute atomic E-state index is 0.0445. The third-order valence-corrected chi connectivity index (χ3v) is 4.92. The molecule has 1 heterocycles. The molecule has 3 rings (SSSR count). The number of aryl methyl sites for hydroxylation is 1. The Morgan fingerprint density at radius 1 is 1.24 bits per heavy atom. The van der Waals surface area contributed by atoms with Gasteiger partial charge in [-0.25, -0.2) is 0 Å². The van der Waals surface area contributed by atoms with Crippen LogP contribution in [-0.4, -0.2) is 28.8 Å². The first-order valence-electron chi connectivity index (χ1n) is 7.76. The highest BCUT2D eigenvalue weighted by Crippen LogP contribution is 2.40. The molecule has 2 fully saturated rings. The van der Waals surface area contributed by atoms with Gasteiger partial charge in [0.15, 0.2) is 0 Å². The number of nitrogens with zero attached hydrogens (tertiary/aromatic N) is 1. The maximum Gasteiger partial charge on any atom is 0.254 e. The van der Waals surface area contributed by atoms with Crippen LogP contribution in [0.1, 0.15) is 48.0 Å². The van der Waals surface area contributed by atoms with Crippen molar-refractivity contribution in [3.63, 3.8) is 0 Å². The van der Waals surface area contributed by atoms with Crippen molar-refractivity contribution in [3.8, 4) is 0 Å². The fourth-order valence-corrected chi connectivity index (χ4v) is 3.93. The quantitative estimate of drug-likeness (QED) is 0.906. The topological polar surface area (TPSA) is 63.4 Å². The molecular weight excluding hydrogens is 264 g/mol. The molecule has 2 aliphatic rings. The number of primary amides is 1. The number of carbonyl (C=O) groups is 2. The van der Waals surface area contributed by atoms with Crippen LogP contribution in [0.25, 0.3) is 0 Å². The van der Waals surface area contributed by atoms with E-state index in [1.54, 1.807) is 4.90 Å². The van der Waals surface area contributed by atoms with E-state index in [2.05, 4.69) is 0 Å². The predicted octanol–water partition coefficient (Wildman–Crippen LogP) is 2.25. The standard InChI is InChI=1S/C17H22N2O2/c1-11-5-4-7-13(9-11)17(21)19-14-8-3-2-6-12(14)10-15(19)16(18)20/h4-5,7,9,12,14-15H,2-3,6,8,10H2,1H3,(H2,18,20)/t12-,14+,15-/m1/s1. The van der Waals surface area contributed by atoms with Gasteiger partial charge in [0.25, 0.3) is 5.91 Å². The van der Waals surface area contributed by atoms with Crippen LogP contribution in [0.2, 0.25) is 0 Å². The summed E-state index contributed by atoms with van der Waals surface area (Å²) in [5.41, 5.74) is 7.27. The Hall–Kier alpha value is -1.84. The van der Waals surface area contributed by atoms with E-state index >= 15 is 0 Å². The average molecular weight is 286 g/mol. The third kappa shape index (κ3) is 2.55. The van der Waals surface area contributed by atoms with Gasteiger partial charge in [0, 0.05) is 11.6 Å². The van der Waals surface area contributed by atoms with Crippen molar-refractivity contribution in [2.45, 2.75) is 51.1 Å². The van der Waals surface area contributed by atoms with Crippen LogP contribution in [0.15, 0.2) is 24.3 Å². The molecule has 1 saturated heterocycles. The van der Waals surface area contributed by atoms with E-state index in [1.807, 2.05) is 31.2 Å². The summed E-state index contributed by atoms with van der Waals surface area (Å²) >= 11 is 0. The zero-order chi connectivity index (χ0) is 15.0. The molecule has 0 spiro atoms. The molecule has 3 atom stereocenters. The highest BCUT2D eigenvalue weighted by Gasteiger charge is 2.46. The van der Waals surface area contributed by atoms with Gasteiger partial charge in [-0.2, -0.15) is 0 Å². The molecule has 1 aromatic rings. The molecule has 0 aromatic heterocycles. The van der Waals surface area contributed by atoms with Gasteiger partial charge in [0.2, 0.25) is 5.91 Å². The van der Waals surface area contributed by atoms with Crippen molar-refractivity contribution in [2.75, 3.05) is 0 Å². The van der Waals surface area contributed by atoms with Gasteiger partial charge in [-0.1, -0.05) is 30.5 Å². The van der Waals surface area contributed by atoms with Crippen LogP contribution >= 0.6 is 0 Å². The summed E-state index contributed by atoms with van der Waals surface area (Å²) in [6, 6.07) is 7.31. The van der Waals surface area contributed by atoms with Crippen molar-refractivity contribution >= 4 is 11.8 Å². The fraction of sp³-hybridized carbons (Fsp3) is 0.529. The molecule has 2 N–H and O–H groups in total. The van der Waals surface area contributed by atoms with Crippen molar-refractivity contribution in [1.82, 2.24) is 4.90 Å². The molecule has 0 bridgehead atoms. The van der Waals surface area contributed by atoms with Crippen LogP contribution in [0, 0.1) is 12.8 Å². The largest absolute Gasteiger partial charge is 0.368 e. The van der Waals surface area contributed by atoms with Gasteiger partial charge in [-0.15, -0.1) is 0 Å². The van der Waals surface area contributed by atoms with Crippen LogP contribution in [0.5, 0.6) is 0 Å². The maximum absolute atomic E-state index is 12.9. The Bertz CT molecular complexity index is 570. The summed E-state index contributed by atoms with van der Waals surface area (Å²) in [4.78, 5) is 26.5. The number of nitrogens with two attached hydrogens (primary N) is 1. The molecule has 0 unspecified atom stereocenters. The number of carbonyl (C=O) groups excluding carboxylic acids is 2. The normalized spacial score (nSPS) is 28.2. The zero-order valence-electron chi connectivity index (χ0n) is 12.4. The minimum atomic E-state index is -0.439. The molecular formula is C17H22N2O2. The lowest BCUT2D eigenvalue weighted by atomic mass is 9.84. The second-order valence-corrected chi connectivity index (χ2v) is 6.35. The molecule has 2 amide bonds. The number of likely N-dealkylation sites (tertiary alicyclic amines) is 1. The van der Waals surface area contributed by atoms with Gasteiger partial charge in [0.05, 0.1) is 0 Å². The Kier molecular flexibility index (Phi) is 3.70. The van der Waals surface area contributed by atoms with E-state index in [0.29, 0.717) is 11.5 Å². The predicted molar refractivity (Wildman–Crippen MR) is 80.7 cm³/mol. The number of benzene rings is 1. The number of hydrogen-bond acceptors (Lipinski definition) is 2. The van der Waals surface area contributed by atoms with Crippen molar-refractivity contribution in [3.05, 3.63) is 35.4 Å². The first-order valence-corrected chi connectivity index (χ1v) is 7.76. The molecule has 21 heavy (non-hydrogen) atoms. The SMILES string of the molecule is Cc1cccc(C(=O)N2[C@@H](C(N)=O)C[C@H]3CCCC[C@@H]32)c1. The van der Waals surface area contributed by atoms with Crippen LogP contribution in [0.4, 0.5) is 0 Å². The van der Waals surface area contributed by atoms with Crippen LogP contribution < -0.4 is 5.73 Å². The summed E-state index contributed by atoms with van der Waals surface area (Å²) < 4.78 is 0. The average Bonchev–Trinajstić information content (AvgIpc) is 2.86. The first-order chi connectivity index (χ1) is 10.1. The third-order valence-electron chi connectivity index (χ3n) is 4.92. The highest BCUT2D eigenvalue weighted by molar-refractivity contribution is 5.98. The lowest BCUT2D eigenvalue weighted by Gasteiger charge is -2.33. The lowest BCUT2D eigenvalue weighted by molar-refractivity contribution is -0.122. The van der Waals surface area contributed by atoms with Gasteiger partial charge >= 0.3 is 0 Å². The first kappa shape index (κ1) is 14.1. The maximum atomic E-state index is 12.9. The number of fused-ring (bicyclic) bond motifs is 1. The number of amides is 2. The molecule has 0 radical (unpaired) electrons. The number of rotatable bonds is 2. The second kappa shape index (κ2) is 5.51. The molecule has 112 valence electrons. The molecule has 1 aliphatic carbocycles. The van der Waals surface area contributed by atoms with Crippen molar-refractivity contribution < 1.29 is 9.59 Å². The van der Waals surface area contributed by atoms with E-state index in [-0.39, 0.29) is 17.9 Å². The van der Waals surface area contributed by atoms with E-state index < -0.39 is 6.04 Å². The molecule has 1 aliphatic heterocycles. The van der Waals surface area contributed by atoms with Crippen LogP contribution in [0.3, 0.4) is 0 Å². The Morgan fingerprint density at radius 3 is 2.71 bits per heavy atom. The summed E-state index contributed by atoms with van der Waals surface area (Å²) in [6.45, 7) is 1.97. The second-order valence-electron chi connectivity index (χ2n) is 6.35. The number of hydrogen-bond donors (Lipinski definition) is 1. The Labute approximate surface area is 125 Å². The van der Waals surface area contributed by atoms with E-state index in [4.69, 9.17) is 5.73 Å². The van der Waals surface area contributed by atoms with Crippen molar-refractivity contribution in [2.24, 2.45) is 11.7 Å².